The van der Waals surface area contributed by atoms with Crippen LogP contribution in [0.4, 0.5) is 30.2 Å². The maximum Gasteiger partial charge on any atom is 0.416 e. The molecule has 0 atom stereocenters. The molecule has 1 amide bonds. The molecule has 1 N–H and O–H groups in total. The average Bonchev–Trinajstić information content (AvgIpc) is 2.88. The van der Waals surface area contributed by atoms with Crippen molar-refractivity contribution in [2.24, 2.45) is 0 Å². The first-order chi connectivity index (χ1) is 17.5. The molecule has 4 rings (SSSR count). The highest BCUT2D eigenvalue weighted by Gasteiger charge is 2.33. The molecule has 0 bridgehead atoms. The summed E-state index contributed by atoms with van der Waals surface area (Å²) in [6, 6.07) is 16.8. The van der Waals surface area contributed by atoms with Gasteiger partial charge in [0.15, 0.2) is 0 Å². The van der Waals surface area contributed by atoms with Crippen molar-refractivity contribution >= 4 is 33.0 Å². The molecule has 7 nitrogen and oxygen atoms in total. The molecule has 3 aromatic rings. The Morgan fingerprint density at radius 1 is 1.00 bits per heavy atom. The van der Waals surface area contributed by atoms with Crippen LogP contribution in [0.5, 0.6) is 0 Å². The van der Waals surface area contributed by atoms with E-state index in [1.165, 1.54) is 18.2 Å². The molecule has 0 unspecified atom stereocenters. The zero-order chi connectivity index (χ0) is 26.6. The lowest BCUT2D eigenvalue weighted by Crippen LogP contribution is -2.38. The number of aryl methyl sites for hydroxylation is 1. The maximum atomic E-state index is 13.5. The van der Waals surface area contributed by atoms with Crippen molar-refractivity contribution in [3.63, 3.8) is 0 Å². The largest absolute Gasteiger partial charge is 0.416 e. The van der Waals surface area contributed by atoms with Crippen LogP contribution in [0.2, 0.25) is 0 Å². The number of carbonyl (C=O) groups excluding carboxylic acids is 1. The second kappa shape index (κ2) is 10.8. The standard InChI is InChI=1S/C26H26F3N3O4S/c1-19-5-11-24(12-6-19)37(34,35)32(23-4-2-3-20(17-23)26(27,28)29)18-25(33)30-21-7-9-22(10-8-21)31-13-15-36-16-14-31/h2-12,17H,13-16,18H2,1H3,(H,30,33). The molecular weight excluding hydrogens is 507 g/mol. The number of nitrogens with zero attached hydrogens (tertiary/aromatic N) is 2. The topological polar surface area (TPSA) is 79.0 Å². The summed E-state index contributed by atoms with van der Waals surface area (Å²) in [6.07, 6.45) is -4.68. The molecule has 1 fully saturated rings. The highest BCUT2D eigenvalue weighted by molar-refractivity contribution is 7.92. The predicted molar refractivity (Wildman–Crippen MR) is 135 cm³/mol. The second-order valence-electron chi connectivity index (χ2n) is 8.57. The molecule has 3 aromatic carbocycles. The number of nitrogens with one attached hydrogen (secondary N) is 1. The van der Waals surface area contributed by atoms with E-state index >= 15 is 0 Å². The number of halogens is 3. The lowest BCUT2D eigenvalue weighted by molar-refractivity contribution is -0.137. The third-order valence-corrected chi connectivity index (χ3v) is 7.67. The van der Waals surface area contributed by atoms with Gasteiger partial charge in [-0.3, -0.25) is 9.10 Å². The molecule has 196 valence electrons. The Bertz CT molecular complexity index is 1340. The fourth-order valence-electron chi connectivity index (χ4n) is 3.90. The van der Waals surface area contributed by atoms with Gasteiger partial charge in [0.05, 0.1) is 29.4 Å². The maximum absolute atomic E-state index is 13.5. The summed E-state index contributed by atoms with van der Waals surface area (Å²) in [7, 11) is -4.36. The van der Waals surface area contributed by atoms with Gasteiger partial charge in [0.25, 0.3) is 10.0 Å². The van der Waals surface area contributed by atoms with Gasteiger partial charge in [0, 0.05) is 24.5 Å². The molecule has 1 aliphatic rings. The Morgan fingerprint density at radius 2 is 1.65 bits per heavy atom. The lowest BCUT2D eigenvalue weighted by atomic mass is 10.2. The van der Waals surface area contributed by atoms with E-state index in [2.05, 4.69) is 10.2 Å². The average molecular weight is 534 g/mol. The van der Waals surface area contributed by atoms with Crippen molar-refractivity contribution in [1.29, 1.82) is 0 Å². The number of rotatable bonds is 7. The number of morpholine rings is 1. The van der Waals surface area contributed by atoms with Crippen LogP contribution >= 0.6 is 0 Å². The molecule has 0 aromatic heterocycles. The summed E-state index contributed by atoms with van der Waals surface area (Å²) in [5, 5.41) is 2.64. The van der Waals surface area contributed by atoms with Crippen LogP contribution < -0.4 is 14.5 Å². The number of sulfonamides is 1. The van der Waals surface area contributed by atoms with E-state index in [-0.39, 0.29) is 10.6 Å². The van der Waals surface area contributed by atoms with Crippen molar-refractivity contribution in [2.45, 2.75) is 18.0 Å². The Labute approximate surface area is 213 Å². The highest BCUT2D eigenvalue weighted by atomic mass is 32.2. The van der Waals surface area contributed by atoms with E-state index in [9.17, 15) is 26.4 Å². The first-order valence-electron chi connectivity index (χ1n) is 11.5. The van der Waals surface area contributed by atoms with E-state index in [0.717, 1.165) is 42.5 Å². The number of amides is 1. The fourth-order valence-corrected chi connectivity index (χ4v) is 5.31. The summed E-state index contributed by atoms with van der Waals surface area (Å²) in [6.45, 7) is 3.79. The number of ether oxygens (including phenoxy) is 1. The number of benzene rings is 3. The predicted octanol–water partition coefficient (Wildman–Crippen LogP) is 4.68. The molecule has 0 spiro atoms. The summed E-state index contributed by atoms with van der Waals surface area (Å²) in [4.78, 5) is 14.9. The van der Waals surface area contributed by atoms with Gasteiger partial charge < -0.3 is 15.0 Å². The zero-order valence-electron chi connectivity index (χ0n) is 20.0. The van der Waals surface area contributed by atoms with Crippen LogP contribution in [-0.2, 0) is 25.7 Å². The molecule has 1 saturated heterocycles. The van der Waals surface area contributed by atoms with Crippen LogP contribution in [0.25, 0.3) is 0 Å². The Kier molecular flexibility index (Phi) is 7.74. The smallest absolute Gasteiger partial charge is 0.378 e. The van der Waals surface area contributed by atoms with Gasteiger partial charge in [-0.25, -0.2) is 8.42 Å². The Balaban J connectivity index is 1.59. The van der Waals surface area contributed by atoms with Gasteiger partial charge in [-0.05, 0) is 61.5 Å². The first-order valence-corrected chi connectivity index (χ1v) is 13.0. The van der Waals surface area contributed by atoms with Crippen LogP contribution in [0.1, 0.15) is 11.1 Å². The van der Waals surface area contributed by atoms with Gasteiger partial charge >= 0.3 is 6.18 Å². The fraction of sp³-hybridized carbons (Fsp3) is 0.269. The summed E-state index contributed by atoms with van der Waals surface area (Å²) >= 11 is 0. The third-order valence-electron chi connectivity index (χ3n) is 5.88. The summed E-state index contributed by atoms with van der Waals surface area (Å²) < 4.78 is 73.0. The van der Waals surface area contributed by atoms with Crippen LogP contribution in [-0.4, -0.2) is 47.2 Å². The minimum Gasteiger partial charge on any atom is -0.378 e. The molecule has 1 aliphatic heterocycles. The first kappa shape index (κ1) is 26.5. The van der Waals surface area contributed by atoms with Crippen molar-refractivity contribution in [3.05, 3.63) is 83.9 Å². The minimum atomic E-state index is -4.68. The lowest BCUT2D eigenvalue weighted by Gasteiger charge is -2.29. The van der Waals surface area contributed by atoms with Gasteiger partial charge in [-0.2, -0.15) is 13.2 Å². The van der Waals surface area contributed by atoms with Gasteiger partial charge in [-0.15, -0.1) is 0 Å². The molecule has 0 saturated carbocycles. The number of hydrogen-bond acceptors (Lipinski definition) is 5. The van der Waals surface area contributed by atoms with E-state index < -0.39 is 34.2 Å². The molecule has 0 radical (unpaired) electrons. The van der Waals surface area contributed by atoms with Crippen molar-refractivity contribution < 1.29 is 31.1 Å². The van der Waals surface area contributed by atoms with Crippen LogP contribution in [0.3, 0.4) is 0 Å². The summed E-state index contributed by atoms with van der Waals surface area (Å²) in [5.74, 6) is -0.702. The van der Waals surface area contributed by atoms with Crippen LogP contribution in [0.15, 0.2) is 77.7 Å². The number of hydrogen-bond donors (Lipinski definition) is 1. The van der Waals surface area contributed by atoms with Crippen molar-refractivity contribution in [1.82, 2.24) is 0 Å². The van der Waals surface area contributed by atoms with Gasteiger partial charge in [-0.1, -0.05) is 23.8 Å². The Morgan fingerprint density at radius 3 is 2.27 bits per heavy atom. The normalized spacial score (nSPS) is 14.3. The number of anilines is 3. The molecule has 37 heavy (non-hydrogen) atoms. The van der Waals surface area contributed by atoms with E-state index in [4.69, 9.17) is 4.74 Å². The number of carbonyl (C=O) groups is 1. The molecule has 0 aliphatic carbocycles. The van der Waals surface area contributed by atoms with E-state index in [0.29, 0.717) is 23.2 Å². The van der Waals surface area contributed by atoms with E-state index in [1.807, 2.05) is 12.1 Å². The van der Waals surface area contributed by atoms with Crippen LogP contribution in [0, 0.1) is 6.92 Å². The zero-order valence-corrected chi connectivity index (χ0v) is 20.8. The second-order valence-corrected chi connectivity index (χ2v) is 10.4. The molecule has 11 heteroatoms. The summed E-state index contributed by atoms with van der Waals surface area (Å²) in [5.41, 5.74) is 0.900. The molecular formula is C26H26F3N3O4S. The highest BCUT2D eigenvalue weighted by Crippen LogP contribution is 2.33. The monoisotopic (exact) mass is 533 g/mol. The third kappa shape index (κ3) is 6.41. The van der Waals surface area contributed by atoms with Crippen molar-refractivity contribution in [2.75, 3.05) is 47.4 Å². The van der Waals surface area contributed by atoms with E-state index in [1.54, 1.807) is 31.2 Å². The SMILES string of the molecule is Cc1ccc(S(=O)(=O)N(CC(=O)Nc2ccc(N3CCOCC3)cc2)c2cccc(C(F)(F)F)c2)cc1. The number of alkyl halides is 3. The molecule has 1 heterocycles. The van der Waals surface area contributed by atoms with Gasteiger partial charge in [0.1, 0.15) is 6.54 Å². The Hall–Kier alpha value is -3.57. The van der Waals surface area contributed by atoms with Crippen molar-refractivity contribution in [3.8, 4) is 0 Å². The quantitative estimate of drug-likeness (QED) is 0.477. The van der Waals surface area contributed by atoms with Gasteiger partial charge in [0.2, 0.25) is 5.91 Å². The minimum absolute atomic E-state index is 0.141.